The number of ether oxygens (including phenoxy) is 1. The van der Waals surface area contributed by atoms with Gasteiger partial charge in [-0.1, -0.05) is 37.3 Å². The van der Waals surface area contributed by atoms with Gasteiger partial charge < -0.3 is 15.4 Å². The van der Waals surface area contributed by atoms with E-state index in [2.05, 4.69) is 17.6 Å². The zero-order valence-electron chi connectivity index (χ0n) is 17.0. The molecule has 0 aliphatic heterocycles. The smallest absolute Gasteiger partial charge is 0.259 e. The van der Waals surface area contributed by atoms with Gasteiger partial charge in [0, 0.05) is 10.4 Å². The molecule has 1 aliphatic rings. The number of para-hydroxylation sites is 2. The number of anilines is 2. The Morgan fingerprint density at radius 2 is 1.73 bits per heavy atom. The summed E-state index contributed by atoms with van der Waals surface area (Å²) in [6.07, 6.45) is 2.80. The summed E-state index contributed by atoms with van der Waals surface area (Å²) in [6.45, 7) is 2.22. The van der Waals surface area contributed by atoms with Crippen LogP contribution in [-0.4, -0.2) is 18.9 Å². The predicted molar refractivity (Wildman–Crippen MR) is 121 cm³/mol. The van der Waals surface area contributed by atoms with E-state index in [0.717, 1.165) is 24.8 Å². The van der Waals surface area contributed by atoms with Crippen LogP contribution in [0.3, 0.4) is 0 Å². The van der Waals surface area contributed by atoms with E-state index in [9.17, 15) is 9.59 Å². The maximum Gasteiger partial charge on any atom is 0.259 e. The van der Waals surface area contributed by atoms with Crippen molar-refractivity contribution in [3.63, 3.8) is 0 Å². The van der Waals surface area contributed by atoms with Crippen LogP contribution in [0.15, 0.2) is 54.6 Å². The van der Waals surface area contributed by atoms with Crippen molar-refractivity contribution in [2.75, 3.05) is 17.7 Å². The largest absolute Gasteiger partial charge is 0.495 e. The Hall–Kier alpha value is -3.12. The minimum atomic E-state index is -0.227. The van der Waals surface area contributed by atoms with Crippen molar-refractivity contribution in [3.8, 4) is 5.75 Å². The minimum absolute atomic E-state index is 0.214. The molecule has 0 radical (unpaired) electrons. The molecular formula is C24H24N2O3S. The van der Waals surface area contributed by atoms with Crippen LogP contribution in [0, 0.1) is 5.92 Å². The first kappa shape index (κ1) is 20.2. The summed E-state index contributed by atoms with van der Waals surface area (Å²) in [7, 11) is 1.57. The minimum Gasteiger partial charge on any atom is -0.495 e. The molecule has 1 heterocycles. The number of rotatable bonds is 5. The lowest BCUT2D eigenvalue weighted by atomic mass is 9.88. The number of fused-ring (bicyclic) bond motifs is 1. The second-order valence-electron chi connectivity index (χ2n) is 7.53. The summed E-state index contributed by atoms with van der Waals surface area (Å²) >= 11 is 1.51. The lowest BCUT2D eigenvalue weighted by molar-refractivity contribution is 0.102. The van der Waals surface area contributed by atoms with Gasteiger partial charge in [0.2, 0.25) is 0 Å². The second kappa shape index (κ2) is 8.71. The van der Waals surface area contributed by atoms with E-state index >= 15 is 0 Å². The number of thiophene rings is 1. The molecule has 5 nitrogen and oxygen atoms in total. The van der Waals surface area contributed by atoms with E-state index in [1.54, 1.807) is 31.4 Å². The van der Waals surface area contributed by atoms with E-state index in [4.69, 9.17) is 4.74 Å². The number of methoxy groups -OCH3 is 1. The number of carbonyl (C=O) groups is 2. The molecule has 154 valence electrons. The quantitative estimate of drug-likeness (QED) is 0.582. The number of benzene rings is 2. The summed E-state index contributed by atoms with van der Waals surface area (Å²) in [5, 5.41) is 6.56. The number of nitrogens with one attached hydrogen (secondary N) is 2. The van der Waals surface area contributed by atoms with Crippen molar-refractivity contribution in [2.45, 2.75) is 26.2 Å². The molecular weight excluding hydrogens is 396 g/mol. The van der Waals surface area contributed by atoms with Gasteiger partial charge in [-0.25, -0.2) is 0 Å². The fourth-order valence-corrected chi connectivity index (χ4v) is 5.18. The molecule has 0 bridgehead atoms. The van der Waals surface area contributed by atoms with Crippen LogP contribution >= 0.6 is 11.3 Å². The van der Waals surface area contributed by atoms with Gasteiger partial charge in [-0.05, 0) is 55.0 Å². The van der Waals surface area contributed by atoms with Crippen LogP contribution in [0.25, 0.3) is 0 Å². The molecule has 0 saturated carbocycles. The normalized spacial score (nSPS) is 15.2. The van der Waals surface area contributed by atoms with E-state index in [-0.39, 0.29) is 11.8 Å². The molecule has 0 spiro atoms. The zero-order valence-corrected chi connectivity index (χ0v) is 17.8. The Morgan fingerprint density at radius 1 is 1.00 bits per heavy atom. The average Bonchev–Trinajstić information content (AvgIpc) is 3.11. The Kier molecular flexibility index (Phi) is 5.86. The molecule has 0 saturated heterocycles. The van der Waals surface area contributed by atoms with Gasteiger partial charge in [0.25, 0.3) is 11.8 Å². The van der Waals surface area contributed by atoms with Crippen LogP contribution in [0.5, 0.6) is 5.75 Å². The Balaban J connectivity index is 1.68. The molecule has 2 N–H and O–H groups in total. The highest BCUT2D eigenvalue weighted by Crippen LogP contribution is 2.40. The number of carbonyl (C=O) groups excluding carboxylic acids is 2. The summed E-state index contributed by atoms with van der Waals surface area (Å²) in [5.41, 5.74) is 2.79. The SMILES string of the molecule is COc1ccccc1NC(=O)c1c(NC(=O)c2ccccc2)sc2c1CC[C@@H](C)C2. The molecule has 1 aliphatic carbocycles. The van der Waals surface area contributed by atoms with Crippen molar-refractivity contribution in [2.24, 2.45) is 5.92 Å². The second-order valence-corrected chi connectivity index (χ2v) is 8.64. The molecule has 0 fully saturated rings. The van der Waals surface area contributed by atoms with Crippen molar-refractivity contribution >= 4 is 33.8 Å². The highest BCUT2D eigenvalue weighted by Gasteiger charge is 2.29. The highest BCUT2D eigenvalue weighted by molar-refractivity contribution is 7.17. The van der Waals surface area contributed by atoms with Crippen molar-refractivity contribution in [1.82, 2.24) is 0 Å². The molecule has 2 aromatic carbocycles. The Bertz CT molecular complexity index is 1080. The maximum absolute atomic E-state index is 13.3. The maximum atomic E-state index is 13.3. The van der Waals surface area contributed by atoms with Gasteiger partial charge in [-0.2, -0.15) is 0 Å². The summed E-state index contributed by atoms with van der Waals surface area (Å²) in [4.78, 5) is 27.3. The lowest BCUT2D eigenvalue weighted by Crippen LogP contribution is -2.19. The Labute approximate surface area is 180 Å². The van der Waals surface area contributed by atoms with E-state index in [1.807, 2.05) is 30.3 Å². The number of hydrogen-bond acceptors (Lipinski definition) is 4. The monoisotopic (exact) mass is 420 g/mol. The van der Waals surface area contributed by atoms with Gasteiger partial charge >= 0.3 is 0 Å². The Morgan fingerprint density at radius 3 is 2.50 bits per heavy atom. The first-order chi connectivity index (χ1) is 14.6. The molecule has 3 aromatic rings. The van der Waals surface area contributed by atoms with Crippen molar-refractivity contribution < 1.29 is 14.3 Å². The zero-order chi connectivity index (χ0) is 21.1. The lowest BCUT2D eigenvalue weighted by Gasteiger charge is -2.19. The molecule has 1 atom stereocenters. The fraction of sp³-hybridized carbons (Fsp3) is 0.250. The summed E-state index contributed by atoms with van der Waals surface area (Å²) in [5.74, 6) is 0.723. The third-order valence-electron chi connectivity index (χ3n) is 5.36. The topological polar surface area (TPSA) is 67.4 Å². The van der Waals surface area contributed by atoms with E-state index < -0.39 is 0 Å². The van der Waals surface area contributed by atoms with Crippen molar-refractivity contribution in [3.05, 3.63) is 76.2 Å². The average molecular weight is 421 g/mol. The highest BCUT2D eigenvalue weighted by atomic mass is 32.1. The van der Waals surface area contributed by atoms with Crippen LogP contribution in [0.1, 0.15) is 44.5 Å². The van der Waals surface area contributed by atoms with Gasteiger partial charge in [0.15, 0.2) is 0 Å². The van der Waals surface area contributed by atoms with Gasteiger partial charge in [0.1, 0.15) is 10.8 Å². The first-order valence-corrected chi connectivity index (χ1v) is 10.8. The van der Waals surface area contributed by atoms with Crippen LogP contribution in [0.4, 0.5) is 10.7 Å². The third-order valence-corrected chi connectivity index (χ3v) is 6.53. The standard InChI is InChI=1S/C24H24N2O3S/c1-15-12-13-17-20(14-15)30-24(26-22(27)16-8-4-3-5-9-16)21(17)23(28)25-18-10-6-7-11-19(18)29-2/h3-11,15H,12-14H2,1-2H3,(H,25,28)(H,26,27)/t15-/m1/s1. The molecule has 4 rings (SSSR count). The van der Waals surface area contributed by atoms with Crippen LogP contribution in [0.2, 0.25) is 0 Å². The summed E-state index contributed by atoms with van der Waals surface area (Å²) in [6, 6.07) is 16.4. The van der Waals surface area contributed by atoms with Crippen molar-refractivity contribution in [1.29, 1.82) is 0 Å². The van der Waals surface area contributed by atoms with Gasteiger partial charge in [-0.3, -0.25) is 9.59 Å². The van der Waals surface area contributed by atoms with E-state index in [1.165, 1.54) is 16.2 Å². The summed E-state index contributed by atoms with van der Waals surface area (Å²) < 4.78 is 5.36. The van der Waals surface area contributed by atoms with Crippen LogP contribution < -0.4 is 15.4 Å². The predicted octanol–water partition coefficient (Wildman–Crippen LogP) is 5.39. The number of hydrogen-bond donors (Lipinski definition) is 2. The van der Waals surface area contributed by atoms with Crippen LogP contribution in [-0.2, 0) is 12.8 Å². The van der Waals surface area contributed by atoms with Gasteiger partial charge in [-0.15, -0.1) is 11.3 Å². The first-order valence-electron chi connectivity index (χ1n) is 10.0. The third kappa shape index (κ3) is 4.09. The molecule has 0 unspecified atom stereocenters. The molecule has 2 amide bonds. The molecule has 6 heteroatoms. The number of amides is 2. The molecule has 30 heavy (non-hydrogen) atoms. The molecule has 1 aromatic heterocycles. The van der Waals surface area contributed by atoms with Gasteiger partial charge in [0.05, 0.1) is 18.4 Å². The van der Waals surface area contributed by atoms with E-state index in [0.29, 0.717) is 33.5 Å². The fourth-order valence-electron chi connectivity index (χ4n) is 3.78.